The van der Waals surface area contributed by atoms with Crippen LogP contribution in [0.25, 0.3) is 0 Å². The summed E-state index contributed by atoms with van der Waals surface area (Å²) in [6.07, 6.45) is 2.01. The molecule has 2 nitrogen and oxygen atoms in total. The summed E-state index contributed by atoms with van der Waals surface area (Å²) in [6, 6.07) is 9.87. The Hall–Kier alpha value is -0.350. The SMILES string of the molecule is CC(C(Br)Cc1ccccc1)S(C)(=O)=O. The zero-order valence-corrected chi connectivity index (χ0v) is 11.3. The fraction of sp³-hybridized carbons (Fsp3) is 0.455. The third kappa shape index (κ3) is 3.95. The first-order chi connectivity index (χ1) is 6.91. The summed E-state index contributed by atoms with van der Waals surface area (Å²) < 4.78 is 22.7. The second kappa shape index (κ2) is 5.12. The van der Waals surface area contributed by atoms with E-state index in [4.69, 9.17) is 0 Å². The fourth-order valence-electron chi connectivity index (χ4n) is 1.27. The molecule has 0 saturated carbocycles. The molecule has 2 unspecified atom stereocenters. The van der Waals surface area contributed by atoms with Crippen LogP contribution in [0.15, 0.2) is 30.3 Å². The normalized spacial score (nSPS) is 15.9. The van der Waals surface area contributed by atoms with Crippen molar-refractivity contribution in [2.45, 2.75) is 23.4 Å². The molecule has 1 aromatic rings. The molecule has 4 heteroatoms. The zero-order valence-electron chi connectivity index (χ0n) is 8.85. The van der Waals surface area contributed by atoms with Crippen LogP contribution in [0.3, 0.4) is 0 Å². The van der Waals surface area contributed by atoms with E-state index in [1.165, 1.54) is 6.26 Å². The predicted octanol–water partition coefficient (Wildman–Crippen LogP) is 2.43. The lowest BCUT2D eigenvalue weighted by Gasteiger charge is -2.16. The van der Waals surface area contributed by atoms with Crippen LogP contribution in [-0.4, -0.2) is 24.8 Å². The summed E-state index contributed by atoms with van der Waals surface area (Å²) in [5, 5.41) is -0.363. The van der Waals surface area contributed by atoms with Crippen molar-refractivity contribution in [1.82, 2.24) is 0 Å². The van der Waals surface area contributed by atoms with Crippen LogP contribution in [0.5, 0.6) is 0 Å². The Kier molecular flexibility index (Phi) is 4.34. The molecule has 0 radical (unpaired) electrons. The Morgan fingerprint density at radius 1 is 1.27 bits per heavy atom. The van der Waals surface area contributed by atoms with E-state index < -0.39 is 9.84 Å². The van der Waals surface area contributed by atoms with Crippen LogP contribution in [0.4, 0.5) is 0 Å². The van der Waals surface area contributed by atoms with Gasteiger partial charge in [-0.15, -0.1) is 0 Å². The van der Waals surface area contributed by atoms with Gasteiger partial charge in [0.05, 0.1) is 5.25 Å². The molecule has 1 rings (SSSR count). The lowest BCUT2D eigenvalue weighted by atomic mass is 10.1. The highest BCUT2D eigenvalue weighted by Gasteiger charge is 2.23. The van der Waals surface area contributed by atoms with Gasteiger partial charge in [0, 0.05) is 11.1 Å². The Bertz CT molecular complexity index is 400. The van der Waals surface area contributed by atoms with Gasteiger partial charge in [0.1, 0.15) is 0 Å². The standard InChI is InChI=1S/C11H15BrO2S/c1-9(15(2,13)14)11(12)8-10-6-4-3-5-7-10/h3-7,9,11H,8H2,1-2H3. The Morgan fingerprint density at radius 3 is 2.27 bits per heavy atom. The largest absolute Gasteiger partial charge is 0.229 e. The van der Waals surface area contributed by atoms with Crippen molar-refractivity contribution in [2.75, 3.05) is 6.26 Å². The minimum absolute atomic E-state index is 0.0325. The number of sulfone groups is 1. The van der Waals surface area contributed by atoms with E-state index in [2.05, 4.69) is 15.9 Å². The third-order valence-corrected chi connectivity index (χ3v) is 5.60. The minimum atomic E-state index is -2.97. The van der Waals surface area contributed by atoms with Crippen LogP contribution in [-0.2, 0) is 16.3 Å². The number of benzene rings is 1. The van der Waals surface area contributed by atoms with Gasteiger partial charge in [-0.2, -0.15) is 0 Å². The van der Waals surface area contributed by atoms with Crippen LogP contribution in [0, 0.1) is 0 Å². The summed E-state index contributed by atoms with van der Waals surface area (Å²) in [6.45, 7) is 1.73. The van der Waals surface area contributed by atoms with E-state index in [0.29, 0.717) is 0 Å². The highest BCUT2D eigenvalue weighted by Crippen LogP contribution is 2.18. The van der Waals surface area contributed by atoms with Gasteiger partial charge in [-0.05, 0) is 18.9 Å². The summed E-state index contributed by atoms with van der Waals surface area (Å²) >= 11 is 3.44. The van der Waals surface area contributed by atoms with Gasteiger partial charge in [-0.1, -0.05) is 46.3 Å². The lowest BCUT2D eigenvalue weighted by Crippen LogP contribution is -2.27. The monoisotopic (exact) mass is 290 g/mol. The molecule has 0 aliphatic carbocycles. The van der Waals surface area contributed by atoms with Crippen LogP contribution in [0.2, 0.25) is 0 Å². The average Bonchev–Trinajstić information content (AvgIpc) is 2.16. The molecule has 84 valence electrons. The van der Waals surface area contributed by atoms with Crippen LogP contribution in [0.1, 0.15) is 12.5 Å². The maximum atomic E-state index is 11.3. The molecule has 0 amide bonds. The fourth-order valence-corrected chi connectivity index (χ4v) is 3.46. The summed E-state index contributed by atoms with van der Waals surface area (Å²) in [7, 11) is -2.97. The highest BCUT2D eigenvalue weighted by atomic mass is 79.9. The van der Waals surface area contributed by atoms with E-state index in [0.717, 1.165) is 12.0 Å². The summed E-state index contributed by atoms with van der Waals surface area (Å²) in [5.74, 6) is 0. The first-order valence-electron chi connectivity index (χ1n) is 4.78. The van der Waals surface area contributed by atoms with E-state index in [-0.39, 0.29) is 10.1 Å². The highest BCUT2D eigenvalue weighted by molar-refractivity contribution is 9.09. The Balaban J connectivity index is 2.68. The Labute approximate surface area is 99.7 Å². The van der Waals surface area contributed by atoms with Crippen molar-refractivity contribution >= 4 is 25.8 Å². The summed E-state index contributed by atoms with van der Waals surface area (Å²) in [4.78, 5) is -0.0325. The van der Waals surface area contributed by atoms with Gasteiger partial charge in [-0.3, -0.25) is 0 Å². The quantitative estimate of drug-likeness (QED) is 0.798. The molecular formula is C11H15BrO2S. The van der Waals surface area contributed by atoms with Crippen molar-refractivity contribution in [3.8, 4) is 0 Å². The third-order valence-electron chi connectivity index (χ3n) is 2.46. The molecule has 0 heterocycles. The average molecular weight is 291 g/mol. The number of rotatable bonds is 4. The van der Waals surface area contributed by atoms with E-state index >= 15 is 0 Å². The van der Waals surface area contributed by atoms with Crippen LogP contribution >= 0.6 is 15.9 Å². The molecule has 15 heavy (non-hydrogen) atoms. The predicted molar refractivity (Wildman–Crippen MR) is 67.2 cm³/mol. The molecule has 0 fully saturated rings. The molecule has 0 N–H and O–H groups in total. The molecule has 0 saturated heterocycles. The number of hydrogen-bond donors (Lipinski definition) is 0. The van der Waals surface area contributed by atoms with Gasteiger partial charge >= 0.3 is 0 Å². The van der Waals surface area contributed by atoms with Gasteiger partial charge < -0.3 is 0 Å². The lowest BCUT2D eigenvalue weighted by molar-refractivity contribution is 0.586. The molecule has 0 bridgehead atoms. The number of alkyl halides is 1. The van der Waals surface area contributed by atoms with Crippen molar-refractivity contribution in [1.29, 1.82) is 0 Å². The van der Waals surface area contributed by atoms with E-state index in [9.17, 15) is 8.42 Å². The van der Waals surface area contributed by atoms with Crippen molar-refractivity contribution < 1.29 is 8.42 Å². The maximum Gasteiger partial charge on any atom is 0.151 e. The maximum absolute atomic E-state index is 11.3. The van der Waals surface area contributed by atoms with Gasteiger partial charge in [0.15, 0.2) is 9.84 Å². The van der Waals surface area contributed by atoms with Gasteiger partial charge in [0.25, 0.3) is 0 Å². The Morgan fingerprint density at radius 2 is 1.80 bits per heavy atom. The molecular weight excluding hydrogens is 276 g/mol. The van der Waals surface area contributed by atoms with Crippen molar-refractivity contribution in [3.63, 3.8) is 0 Å². The van der Waals surface area contributed by atoms with Gasteiger partial charge in [0.2, 0.25) is 0 Å². The molecule has 0 aliphatic rings. The topological polar surface area (TPSA) is 34.1 Å². The van der Waals surface area contributed by atoms with Crippen LogP contribution < -0.4 is 0 Å². The molecule has 0 spiro atoms. The smallest absolute Gasteiger partial charge is 0.151 e. The molecule has 0 aliphatic heterocycles. The van der Waals surface area contributed by atoms with E-state index in [1.54, 1.807) is 6.92 Å². The first kappa shape index (κ1) is 12.7. The van der Waals surface area contributed by atoms with Crippen molar-refractivity contribution in [3.05, 3.63) is 35.9 Å². The minimum Gasteiger partial charge on any atom is -0.229 e. The molecule has 2 atom stereocenters. The van der Waals surface area contributed by atoms with E-state index in [1.807, 2.05) is 30.3 Å². The number of hydrogen-bond acceptors (Lipinski definition) is 2. The molecule has 1 aromatic carbocycles. The molecule has 0 aromatic heterocycles. The number of halogens is 1. The summed E-state index contributed by atoms with van der Waals surface area (Å²) in [5.41, 5.74) is 1.15. The zero-order chi connectivity index (χ0) is 11.5. The second-order valence-corrected chi connectivity index (χ2v) is 7.32. The van der Waals surface area contributed by atoms with Crippen molar-refractivity contribution in [2.24, 2.45) is 0 Å². The first-order valence-corrected chi connectivity index (χ1v) is 7.65. The second-order valence-electron chi connectivity index (χ2n) is 3.74. The van der Waals surface area contributed by atoms with Gasteiger partial charge in [-0.25, -0.2) is 8.42 Å².